The summed E-state index contributed by atoms with van der Waals surface area (Å²) in [7, 11) is -3.38. The molecule has 0 aliphatic carbocycles. The molecule has 1 heterocycles. The summed E-state index contributed by atoms with van der Waals surface area (Å²) >= 11 is 0. The van der Waals surface area contributed by atoms with Crippen LogP contribution in [0.15, 0.2) is 24.3 Å². The normalized spacial score (nSPS) is 16.1. The molecule has 7 heteroatoms. The Bertz CT molecular complexity index is 728. The molecule has 1 amide bonds. The summed E-state index contributed by atoms with van der Waals surface area (Å²) in [5, 5.41) is 2.96. The summed E-state index contributed by atoms with van der Waals surface area (Å²) in [6.45, 7) is 8.54. The molecule has 1 aromatic carbocycles. The number of likely N-dealkylation sites (tertiary alicyclic amines) is 1. The molecule has 1 N–H and O–H groups in total. The SMILES string of the molecule is Cc1ccccc1N(CCCC(=O)NCCCN1CCC(C)CC1)S(C)(=O)=O. The molecular weight excluding hydrogens is 374 g/mol. The first-order chi connectivity index (χ1) is 13.3. The number of nitrogens with zero attached hydrogens (tertiary/aromatic N) is 2. The van der Waals surface area contributed by atoms with Crippen molar-refractivity contribution in [3.8, 4) is 0 Å². The number of hydrogen-bond donors (Lipinski definition) is 1. The molecule has 1 aliphatic heterocycles. The fraction of sp³-hybridized carbons (Fsp3) is 0.667. The Labute approximate surface area is 170 Å². The van der Waals surface area contributed by atoms with Gasteiger partial charge in [-0.05, 0) is 69.8 Å². The average molecular weight is 410 g/mol. The Balaban J connectivity index is 1.69. The molecule has 2 rings (SSSR count). The van der Waals surface area contributed by atoms with E-state index in [4.69, 9.17) is 0 Å². The van der Waals surface area contributed by atoms with Crippen LogP contribution in [0.1, 0.15) is 44.6 Å². The molecule has 1 aliphatic rings. The smallest absolute Gasteiger partial charge is 0.232 e. The number of sulfonamides is 1. The molecule has 0 bridgehead atoms. The van der Waals surface area contributed by atoms with Crippen LogP contribution in [0.25, 0.3) is 0 Å². The highest BCUT2D eigenvalue weighted by molar-refractivity contribution is 7.92. The summed E-state index contributed by atoms with van der Waals surface area (Å²) in [4.78, 5) is 14.5. The lowest BCUT2D eigenvalue weighted by Crippen LogP contribution is -2.35. The molecule has 1 saturated heterocycles. The Kier molecular flexibility index (Phi) is 8.76. The highest BCUT2D eigenvalue weighted by Crippen LogP contribution is 2.22. The van der Waals surface area contributed by atoms with Crippen molar-refractivity contribution >= 4 is 21.6 Å². The Hall–Kier alpha value is -1.60. The van der Waals surface area contributed by atoms with E-state index in [1.165, 1.54) is 23.4 Å². The molecule has 28 heavy (non-hydrogen) atoms. The van der Waals surface area contributed by atoms with Crippen molar-refractivity contribution in [3.63, 3.8) is 0 Å². The zero-order valence-electron chi connectivity index (χ0n) is 17.5. The lowest BCUT2D eigenvalue weighted by molar-refractivity contribution is -0.121. The summed E-state index contributed by atoms with van der Waals surface area (Å²) in [5.74, 6) is 0.827. The van der Waals surface area contributed by atoms with E-state index >= 15 is 0 Å². The van der Waals surface area contributed by atoms with Crippen LogP contribution in [0, 0.1) is 12.8 Å². The number of hydrogen-bond acceptors (Lipinski definition) is 4. The number of amides is 1. The van der Waals surface area contributed by atoms with Gasteiger partial charge in [0, 0.05) is 19.5 Å². The molecule has 0 saturated carbocycles. The first kappa shape index (κ1) is 22.7. The summed E-state index contributed by atoms with van der Waals surface area (Å²) in [6.07, 6.45) is 5.53. The summed E-state index contributed by atoms with van der Waals surface area (Å²) < 4.78 is 25.7. The number of para-hydroxylation sites is 1. The fourth-order valence-electron chi connectivity index (χ4n) is 3.60. The van der Waals surface area contributed by atoms with E-state index in [0.717, 1.165) is 37.5 Å². The largest absolute Gasteiger partial charge is 0.356 e. The molecule has 0 radical (unpaired) electrons. The van der Waals surface area contributed by atoms with Crippen molar-refractivity contribution in [2.75, 3.05) is 43.3 Å². The lowest BCUT2D eigenvalue weighted by atomic mass is 9.99. The van der Waals surface area contributed by atoms with Crippen molar-refractivity contribution in [2.45, 2.75) is 46.0 Å². The summed E-state index contributed by atoms with van der Waals surface area (Å²) in [5.41, 5.74) is 1.59. The minimum absolute atomic E-state index is 0.00880. The first-order valence-electron chi connectivity index (χ1n) is 10.3. The van der Waals surface area contributed by atoms with Gasteiger partial charge in [-0.2, -0.15) is 0 Å². The minimum atomic E-state index is -3.38. The van der Waals surface area contributed by atoms with Crippen LogP contribution in [-0.4, -0.2) is 58.2 Å². The number of nitrogens with one attached hydrogen (secondary N) is 1. The Morgan fingerprint density at radius 3 is 2.54 bits per heavy atom. The van der Waals surface area contributed by atoms with Gasteiger partial charge in [-0.3, -0.25) is 9.10 Å². The average Bonchev–Trinajstić information content (AvgIpc) is 2.64. The molecule has 0 unspecified atom stereocenters. The van der Waals surface area contributed by atoms with Crippen LogP contribution in [0.5, 0.6) is 0 Å². The van der Waals surface area contributed by atoms with E-state index < -0.39 is 10.0 Å². The maximum Gasteiger partial charge on any atom is 0.232 e. The first-order valence-corrected chi connectivity index (χ1v) is 12.1. The van der Waals surface area contributed by atoms with Gasteiger partial charge in [0.15, 0.2) is 0 Å². The third kappa shape index (κ3) is 7.43. The number of anilines is 1. The van der Waals surface area contributed by atoms with Crippen molar-refractivity contribution in [1.82, 2.24) is 10.2 Å². The number of carbonyl (C=O) groups is 1. The number of benzene rings is 1. The molecule has 158 valence electrons. The van der Waals surface area contributed by atoms with Crippen LogP contribution in [0.3, 0.4) is 0 Å². The number of rotatable bonds is 10. The Morgan fingerprint density at radius 1 is 1.21 bits per heavy atom. The van der Waals surface area contributed by atoms with Crippen LogP contribution in [0.4, 0.5) is 5.69 Å². The standard InChI is InChI=1S/C21H35N3O3S/c1-18-11-16-23(17-12-18)14-7-13-22-21(25)10-6-15-24(28(3,26)27)20-9-5-4-8-19(20)2/h4-5,8-9,18H,6-7,10-17H2,1-3H3,(H,22,25). The number of carbonyl (C=O) groups excluding carboxylic acids is 1. The molecule has 1 fully saturated rings. The van der Waals surface area contributed by atoms with Gasteiger partial charge < -0.3 is 10.2 Å². The van der Waals surface area contributed by atoms with Crippen LogP contribution < -0.4 is 9.62 Å². The van der Waals surface area contributed by atoms with Gasteiger partial charge in [-0.15, -0.1) is 0 Å². The van der Waals surface area contributed by atoms with Crippen molar-refractivity contribution in [1.29, 1.82) is 0 Å². The van der Waals surface area contributed by atoms with E-state index in [1.807, 2.05) is 25.1 Å². The molecule has 0 aromatic heterocycles. The van der Waals surface area contributed by atoms with Crippen LogP contribution in [-0.2, 0) is 14.8 Å². The predicted octanol–water partition coefficient (Wildman–Crippen LogP) is 2.78. The van der Waals surface area contributed by atoms with Gasteiger partial charge in [0.25, 0.3) is 0 Å². The number of aryl methyl sites for hydroxylation is 1. The third-order valence-corrected chi connectivity index (χ3v) is 6.58. The second-order valence-corrected chi connectivity index (χ2v) is 9.86. The maximum absolute atomic E-state index is 12.2. The number of piperidine rings is 1. The third-order valence-electron chi connectivity index (χ3n) is 5.40. The van der Waals surface area contributed by atoms with Gasteiger partial charge in [0.2, 0.25) is 15.9 Å². The lowest BCUT2D eigenvalue weighted by Gasteiger charge is -2.30. The second-order valence-electron chi connectivity index (χ2n) is 7.95. The highest BCUT2D eigenvalue weighted by atomic mass is 32.2. The highest BCUT2D eigenvalue weighted by Gasteiger charge is 2.19. The molecule has 0 spiro atoms. The van der Waals surface area contributed by atoms with Crippen molar-refractivity contribution < 1.29 is 13.2 Å². The van der Waals surface area contributed by atoms with Gasteiger partial charge >= 0.3 is 0 Å². The molecular formula is C21H35N3O3S. The zero-order valence-corrected chi connectivity index (χ0v) is 18.3. The van der Waals surface area contributed by atoms with Gasteiger partial charge in [0.1, 0.15) is 0 Å². The second kappa shape index (κ2) is 10.8. The van der Waals surface area contributed by atoms with E-state index in [9.17, 15) is 13.2 Å². The summed E-state index contributed by atoms with van der Waals surface area (Å²) in [6, 6.07) is 7.41. The van der Waals surface area contributed by atoms with Gasteiger partial charge in [0.05, 0.1) is 11.9 Å². The Morgan fingerprint density at radius 2 is 1.89 bits per heavy atom. The maximum atomic E-state index is 12.2. The van der Waals surface area contributed by atoms with Crippen molar-refractivity contribution in [3.05, 3.63) is 29.8 Å². The van der Waals surface area contributed by atoms with E-state index in [2.05, 4.69) is 17.1 Å². The van der Waals surface area contributed by atoms with E-state index in [0.29, 0.717) is 31.6 Å². The fourth-order valence-corrected chi connectivity index (χ4v) is 4.62. The molecule has 1 aromatic rings. The van der Waals surface area contributed by atoms with E-state index in [1.54, 1.807) is 6.07 Å². The van der Waals surface area contributed by atoms with E-state index in [-0.39, 0.29) is 5.91 Å². The zero-order chi connectivity index (χ0) is 20.6. The molecule has 0 atom stereocenters. The topological polar surface area (TPSA) is 69.7 Å². The van der Waals surface area contributed by atoms with Gasteiger partial charge in [-0.25, -0.2) is 8.42 Å². The van der Waals surface area contributed by atoms with Crippen molar-refractivity contribution in [2.24, 2.45) is 5.92 Å². The van der Waals surface area contributed by atoms with Crippen LogP contribution >= 0.6 is 0 Å². The predicted molar refractivity (Wildman–Crippen MR) is 115 cm³/mol. The minimum Gasteiger partial charge on any atom is -0.356 e. The monoisotopic (exact) mass is 409 g/mol. The van der Waals surface area contributed by atoms with Crippen LogP contribution in [0.2, 0.25) is 0 Å². The molecule has 6 nitrogen and oxygen atoms in total. The quantitative estimate of drug-likeness (QED) is 0.603. The van der Waals surface area contributed by atoms with Gasteiger partial charge in [-0.1, -0.05) is 25.1 Å².